The van der Waals surface area contributed by atoms with Gasteiger partial charge in [-0.25, -0.2) is 4.79 Å². The maximum absolute atomic E-state index is 12.3. The lowest BCUT2D eigenvalue weighted by Gasteiger charge is -2.35. The summed E-state index contributed by atoms with van der Waals surface area (Å²) in [7, 11) is 0. The van der Waals surface area contributed by atoms with Crippen LogP contribution >= 0.6 is 11.6 Å². The van der Waals surface area contributed by atoms with Gasteiger partial charge in [-0.1, -0.05) is 17.7 Å². The first-order valence-electron chi connectivity index (χ1n) is 11.9. The Morgan fingerprint density at radius 3 is 2.64 bits per heavy atom. The Labute approximate surface area is 199 Å². The van der Waals surface area contributed by atoms with Crippen molar-refractivity contribution in [2.75, 3.05) is 6.61 Å². The van der Waals surface area contributed by atoms with Gasteiger partial charge in [-0.15, -0.1) is 0 Å². The van der Waals surface area contributed by atoms with Crippen LogP contribution in [0.15, 0.2) is 36.4 Å². The number of aryl methyl sites for hydroxylation is 3. The monoisotopic (exact) mass is 470 g/mol. The van der Waals surface area contributed by atoms with Crippen LogP contribution in [0.25, 0.3) is 0 Å². The number of carboxylic acid groups (broad SMARTS) is 1. The molecule has 1 amide bonds. The highest BCUT2D eigenvalue weighted by Crippen LogP contribution is 2.34. The normalized spacial score (nSPS) is 20.4. The average molecular weight is 471 g/mol. The minimum atomic E-state index is -1.06. The fourth-order valence-electron chi connectivity index (χ4n) is 4.62. The molecule has 2 aliphatic carbocycles. The predicted molar refractivity (Wildman–Crippen MR) is 127 cm³/mol. The molecular formula is C26H31ClN2O4. The number of pyridine rings is 1. The number of carbonyl (C=O) groups excluding carboxylic acids is 1. The number of carboxylic acids is 1. The fourth-order valence-corrected chi connectivity index (χ4v) is 4.74. The molecule has 0 spiro atoms. The zero-order valence-electron chi connectivity index (χ0n) is 18.8. The summed E-state index contributed by atoms with van der Waals surface area (Å²) in [6.07, 6.45) is 9.32. The summed E-state index contributed by atoms with van der Waals surface area (Å²) >= 11 is 5.83. The number of rotatable bonds is 10. The van der Waals surface area contributed by atoms with Gasteiger partial charge in [-0.2, -0.15) is 0 Å². The van der Waals surface area contributed by atoms with E-state index in [1.807, 2.05) is 0 Å². The van der Waals surface area contributed by atoms with Crippen LogP contribution in [0.5, 0.6) is 0 Å². The molecule has 4 rings (SSSR count). The Bertz CT molecular complexity index is 973. The van der Waals surface area contributed by atoms with Crippen molar-refractivity contribution >= 4 is 23.5 Å². The average Bonchev–Trinajstić information content (AvgIpc) is 2.79. The molecule has 1 unspecified atom stereocenters. The number of nitrogens with zero attached hydrogens (tertiary/aromatic N) is 1. The molecule has 7 heteroatoms. The lowest BCUT2D eigenvalue weighted by atomic mass is 9.79. The molecule has 1 aromatic carbocycles. The van der Waals surface area contributed by atoms with Crippen molar-refractivity contribution in [1.82, 2.24) is 10.3 Å². The smallest absolute Gasteiger partial charge is 0.326 e. The molecule has 1 fully saturated rings. The number of hydrogen-bond donors (Lipinski definition) is 2. The van der Waals surface area contributed by atoms with Gasteiger partial charge in [0.15, 0.2) is 0 Å². The molecule has 176 valence electrons. The molecule has 6 nitrogen and oxygen atoms in total. The molecule has 0 bridgehead atoms. The van der Waals surface area contributed by atoms with Crippen molar-refractivity contribution in [2.45, 2.75) is 69.9 Å². The number of amides is 1. The standard InChI is InChI=1S/C26H31ClN2O4/c27-20-9-6-19(7-10-20)25(30)29-24(26(31)32)13-14-33-22-15-17(16-22)5-11-21-12-8-18-3-1-2-4-23(18)28-21/h6-10,12,17,22,24H,1-5,11,13-16H2,(H,29,30)(H,31,32). The number of carbonyl (C=O) groups is 2. The van der Waals surface area contributed by atoms with Crippen molar-refractivity contribution in [3.8, 4) is 0 Å². The maximum atomic E-state index is 12.3. The predicted octanol–water partition coefficient (Wildman–Crippen LogP) is 4.61. The Hall–Kier alpha value is -2.44. The highest BCUT2D eigenvalue weighted by Gasteiger charge is 2.30. The Morgan fingerprint density at radius 1 is 1.12 bits per heavy atom. The number of ether oxygens (including phenoxy) is 1. The number of fused-ring (bicyclic) bond motifs is 1. The first kappa shape index (κ1) is 23.7. The minimum absolute atomic E-state index is 0.174. The summed E-state index contributed by atoms with van der Waals surface area (Å²) in [6.45, 7) is 0.307. The van der Waals surface area contributed by atoms with Gasteiger partial charge in [0.1, 0.15) is 6.04 Å². The van der Waals surface area contributed by atoms with Crippen LogP contribution in [0.3, 0.4) is 0 Å². The molecule has 2 aromatic rings. The van der Waals surface area contributed by atoms with E-state index in [1.54, 1.807) is 24.3 Å². The van der Waals surface area contributed by atoms with Crippen molar-refractivity contribution < 1.29 is 19.4 Å². The maximum Gasteiger partial charge on any atom is 0.326 e. The van der Waals surface area contributed by atoms with Crippen molar-refractivity contribution in [2.24, 2.45) is 5.92 Å². The third-order valence-electron chi connectivity index (χ3n) is 6.71. The highest BCUT2D eigenvalue weighted by molar-refractivity contribution is 6.30. The lowest BCUT2D eigenvalue weighted by molar-refractivity contribution is -0.140. The van der Waals surface area contributed by atoms with E-state index in [0.29, 0.717) is 23.1 Å². The number of benzene rings is 1. The molecule has 0 aliphatic heterocycles. The highest BCUT2D eigenvalue weighted by atomic mass is 35.5. The van der Waals surface area contributed by atoms with Crippen LogP contribution in [0.4, 0.5) is 0 Å². The quantitative estimate of drug-likeness (QED) is 0.529. The zero-order valence-corrected chi connectivity index (χ0v) is 19.5. The number of aromatic nitrogens is 1. The van der Waals surface area contributed by atoms with Gasteiger partial charge in [0, 0.05) is 35.0 Å². The minimum Gasteiger partial charge on any atom is -0.480 e. The Kier molecular flexibility index (Phi) is 7.99. The van der Waals surface area contributed by atoms with E-state index in [-0.39, 0.29) is 12.5 Å². The zero-order chi connectivity index (χ0) is 23.2. The van der Waals surface area contributed by atoms with Crippen LogP contribution in [0.2, 0.25) is 5.02 Å². The summed E-state index contributed by atoms with van der Waals surface area (Å²) in [6, 6.07) is 9.80. The van der Waals surface area contributed by atoms with E-state index < -0.39 is 17.9 Å². The summed E-state index contributed by atoms with van der Waals surface area (Å²) < 4.78 is 5.87. The van der Waals surface area contributed by atoms with Crippen LogP contribution in [0, 0.1) is 5.92 Å². The molecule has 1 aromatic heterocycles. The van der Waals surface area contributed by atoms with Gasteiger partial charge in [-0.3, -0.25) is 9.78 Å². The largest absolute Gasteiger partial charge is 0.480 e. The lowest BCUT2D eigenvalue weighted by Crippen LogP contribution is -2.42. The molecule has 1 saturated carbocycles. The second-order valence-corrected chi connectivity index (χ2v) is 9.58. The van der Waals surface area contributed by atoms with Gasteiger partial charge < -0.3 is 15.2 Å². The summed E-state index contributed by atoms with van der Waals surface area (Å²) in [5, 5.41) is 12.5. The van der Waals surface area contributed by atoms with E-state index in [2.05, 4.69) is 17.4 Å². The van der Waals surface area contributed by atoms with Crippen LogP contribution in [-0.2, 0) is 28.8 Å². The van der Waals surface area contributed by atoms with Crippen molar-refractivity contribution in [3.05, 3.63) is 63.9 Å². The van der Waals surface area contributed by atoms with Gasteiger partial charge in [0.05, 0.1) is 6.10 Å². The van der Waals surface area contributed by atoms with Gasteiger partial charge in [0.25, 0.3) is 5.91 Å². The molecular weight excluding hydrogens is 440 g/mol. The molecule has 0 saturated heterocycles. The molecule has 1 heterocycles. The fraction of sp³-hybridized carbons (Fsp3) is 0.500. The van der Waals surface area contributed by atoms with Gasteiger partial charge in [-0.05, 0) is 93.2 Å². The Morgan fingerprint density at radius 2 is 1.88 bits per heavy atom. The van der Waals surface area contributed by atoms with Crippen LogP contribution in [-0.4, -0.2) is 40.7 Å². The number of nitrogens with one attached hydrogen (secondary N) is 1. The van der Waals surface area contributed by atoms with E-state index in [0.717, 1.165) is 38.5 Å². The number of hydrogen-bond acceptors (Lipinski definition) is 4. The van der Waals surface area contributed by atoms with E-state index in [1.165, 1.54) is 29.8 Å². The summed E-state index contributed by atoms with van der Waals surface area (Å²) in [5.74, 6) is -0.865. The van der Waals surface area contributed by atoms with Gasteiger partial charge >= 0.3 is 5.97 Å². The Balaban J connectivity index is 1.14. The second-order valence-electron chi connectivity index (χ2n) is 9.14. The van der Waals surface area contributed by atoms with Crippen LogP contribution in [0.1, 0.15) is 65.8 Å². The van der Waals surface area contributed by atoms with Crippen molar-refractivity contribution in [1.29, 1.82) is 0 Å². The molecule has 2 N–H and O–H groups in total. The molecule has 1 atom stereocenters. The summed E-state index contributed by atoms with van der Waals surface area (Å²) in [4.78, 5) is 28.7. The first-order valence-corrected chi connectivity index (χ1v) is 12.2. The first-order chi connectivity index (χ1) is 16.0. The number of halogens is 1. The summed E-state index contributed by atoms with van der Waals surface area (Å²) in [5.41, 5.74) is 4.29. The van der Waals surface area contributed by atoms with Crippen molar-refractivity contribution in [3.63, 3.8) is 0 Å². The number of aliphatic carboxylic acids is 1. The van der Waals surface area contributed by atoms with E-state index >= 15 is 0 Å². The SMILES string of the molecule is O=C(NC(CCOC1CC(CCc2ccc3c(n2)CCCC3)C1)C(=O)O)c1ccc(Cl)cc1. The molecule has 2 aliphatic rings. The third kappa shape index (κ3) is 6.55. The molecule has 33 heavy (non-hydrogen) atoms. The molecule has 0 radical (unpaired) electrons. The van der Waals surface area contributed by atoms with E-state index in [4.69, 9.17) is 21.3 Å². The van der Waals surface area contributed by atoms with Gasteiger partial charge in [0.2, 0.25) is 0 Å². The van der Waals surface area contributed by atoms with E-state index in [9.17, 15) is 14.7 Å². The van der Waals surface area contributed by atoms with Crippen LogP contribution < -0.4 is 5.32 Å². The topological polar surface area (TPSA) is 88.5 Å². The third-order valence-corrected chi connectivity index (χ3v) is 6.96. The second kappa shape index (κ2) is 11.1.